The number of nitrogens with one attached hydrogen (secondary N) is 1. The number of carbonyl (C=O) groups excluding carboxylic acids is 1. The standard InChI is InChI=1S/C18H19N5O4S/c24-14-3-7-22(18(26)19-14)8-4-15(25)23-6-1-2-12(10-23)16-20-21-17(27-16)13-5-9-28-11-13/h3,5,7,9,11-12H,1-2,4,6,8,10H2,(H,19,24,26). The highest BCUT2D eigenvalue weighted by molar-refractivity contribution is 7.08. The Labute approximate surface area is 163 Å². The van der Waals surface area contributed by atoms with Gasteiger partial charge in [0.05, 0.1) is 5.92 Å². The van der Waals surface area contributed by atoms with Crippen LogP contribution in [0.5, 0.6) is 0 Å². The molecule has 0 saturated carbocycles. The van der Waals surface area contributed by atoms with Crippen LogP contribution >= 0.6 is 11.3 Å². The van der Waals surface area contributed by atoms with E-state index < -0.39 is 11.2 Å². The van der Waals surface area contributed by atoms with Gasteiger partial charge in [-0.2, -0.15) is 11.3 Å². The van der Waals surface area contributed by atoms with Crippen molar-refractivity contribution in [1.82, 2.24) is 24.6 Å². The Morgan fingerprint density at radius 1 is 1.32 bits per heavy atom. The number of H-pyrrole nitrogens is 1. The molecule has 146 valence electrons. The van der Waals surface area contributed by atoms with Crippen molar-refractivity contribution in [2.45, 2.75) is 31.7 Å². The summed E-state index contributed by atoms with van der Waals surface area (Å²) in [6.07, 6.45) is 3.32. The number of nitrogens with zero attached hydrogens (tertiary/aromatic N) is 4. The number of hydrogen-bond donors (Lipinski definition) is 1. The number of aromatic nitrogens is 4. The molecule has 1 N–H and O–H groups in total. The van der Waals surface area contributed by atoms with Crippen molar-refractivity contribution in [1.29, 1.82) is 0 Å². The number of amides is 1. The van der Waals surface area contributed by atoms with E-state index in [4.69, 9.17) is 4.42 Å². The molecular formula is C18H19N5O4S. The Bertz CT molecular complexity index is 1070. The summed E-state index contributed by atoms with van der Waals surface area (Å²) < 4.78 is 7.14. The minimum atomic E-state index is -0.511. The molecule has 3 aromatic heterocycles. The van der Waals surface area contributed by atoms with Crippen LogP contribution in [0.15, 0.2) is 43.1 Å². The largest absolute Gasteiger partial charge is 0.420 e. The van der Waals surface area contributed by atoms with E-state index in [1.165, 1.54) is 16.8 Å². The van der Waals surface area contributed by atoms with Crippen molar-refractivity contribution < 1.29 is 9.21 Å². The van der Waals surface area contributed by atoms with Crippen LogP contribution in [0.3, 0.4) is 0 Å². The van der Waals surface area contributed by atoms with Gasteiger partial charge in [0.2, 0.25) is 17.7 Å². The fraction of sp³-hybridized carbons (Fsp3) is 0.389. The fourth-order valence-corrected chi connectivity index (χ4v) is 3.93. The third kappa shape index (κ3) is 3.96. The van der Waals surface area contributed by atoms with E-state index in [0.717, 1.165) is 18.4 Å². The van der Waals surface area contributed by atoms with E-state index in [9.17, 15) is 14.4 Å². The lowest BCUT2D eigenvalue weighted by Crippen LogP contribution is -2.40. The quantitative estimate of drug-likeness (QED) is 0.692. The number of aryl methyl sites for hydroxylation is 1. The van der Waals surface area contributed by atoms with Crippen molar-refractivity contribution in [3.05, 3.63) is 55.8 Å². The van der Waals surface area contributed by atoms with Gasteiger partial charge in [0.1, 0.15) is 0 Å². The first kappa shape index (κ1) is 18.4. The molecule has 1 saturated heterocycles. The van der Waals surface area contributed by atoms with Gasteiger partial charge < -0.3 is 13.9 Å². The summed E-state index contributed by atoms with van der Waals surface area (Å²) in [5.41, 5.74) is -0.0599. The van der Waals surface area contributed by atoms with E-state index in [1.54, 1.807) is 16.2 Å². The molecule has 0 radical (unpaired) electrons. The van der Waals surface area contributed by atoms with E-state index in [2.05, 4.69) is 15.2 Å². The van der Waals surface area contributed by atoms with Gasteiger partial charge in [-0.15, -0.1) is 10.2 Å². The molecule has 4 rings (SSSR count). The number of thiophene rings is 1. The summed E-state index contributed by atoms with van der Waals surface area (Å²) in [6.45, 7) is 1.41. The smallest absolute Gasteiger partial charge is 0.328 e. The van der Waals surface area contributed by atoms with E-state index in [1.807, 2.05) is 16.8 Å². The minimum absolute atomic E-state index is 0.00777. The van der Waals surface area contributed by atoms with Crippen LogP contribution in [0.1, 0.15) is 31.1 Å². The SMILES string of the molecule is O=C(CCn1ccc(=O)[nH]c1=O)N1CCCC(c2nnc(-c3ccsc3)o2)C1. The predicted octanol–water partition coefficient (Wildman–Crippen LogP) is 1.44. The first-order chi connectivity index (χ1) is 13.6. The second-order valence-electron chi connectivity index (χ2n) is 6.69. The summed E-state index contributed by atoms with van der Waals surface area (Å²) in [6, 6.07) is 3.20. The lowest BCUT2D eigenvalue weighted by molar-refractivity contribution is -0.132. The fourth-order valence-electron chi connectivity index (χ4n) is 3.30. The van der Waals surface area contributed by atoms with Crippen molar-refractivity contribution in [3.8, 4) is 11.5 Å². The molecule has 1 aliphatic rings. The van der Waals surface area contributed by atoms with Crippen LogP contribution in [-0.2, 0) is 11.3 Å². The molecule has 4 heterocycles. The third-order valence-corrected chi connectivity index (χ3v) is 5.48. The van der Waals surface area contributed by atoms with Gasteiger partial charge in [0.25, 0.3) is 5.56 Å². The number of piperidine rings is 1. The Morgan fingerprint density at radius 3 is 3.00 bits per heavy atom. The minimum Gasteiger partial charge on any atom is -0.420 e. The highest BCUT2D eigenvalue weighted by Gasteiger charge is 2.28. The maximum Gasteiger partial charge on any atom is 0.328 e. The van der Waals surface area contributed by atoms with Crippen LogP contribution < -0.4 is 11.2 Å². The van der Waals surface area contributed by atoms with Gasteiger partial charge in [-0.1, -0.05) is 0 Å². The molecule has 1 amide bonds. The number of rotatable bonds is 5. The molecule has 1 unspecified atom stereocenters. The van der Waals surface area contributed by atoms with Crippen molar-refractivity contribution in [2.24, 2.45) is 0 Å². The molecule has 9 nitrogen and oxygen atoms in total. The van der Waals surface area contributed by atoms with Crippen molar-refractivity contribution in [3.63, 3.8) is 0 Å². The van der Waals surface area contributed by atoms with Crippen LogP contribution in [-0.4, -0.2) is 43.6 Å². The Balaban J connectivity index is 1.38. The van der Waals surface area contributed by atoms with Crippen LogP contribution in [0.25, 0.3) is 11.5 Å². The number of carbonyl (C=O) groups is 1. The lowest BCUT2D eigenvalue weighted by atomic mass is 9.98. The lowest BCUT2D eigenvalue weighted by Gasteiger charge is -2.31. The predicted molar refractivity (Wildman–Crippen MR) is 102 cm³/mol. The zero-order valence-corrected chi connectivity index (χ0v) is 15.9. The van der Waals surface area contributed by atoms with Gasteiger partial charge in [-0.3, -0.25) is 14.6 Å². The van der Waals surface area contributed by atoms with E-state index >= 15 is 0 Å². The molecule has 0 spiro atoms. The second-order valence-corrected chi connectivity index (χ2v) is 7.47. The van der Waals surface area contributed by atoms with Crippen molar-refractivity contribution in [2.75, 3.05) is 13.1 Å². The molecular weight excluding hydrogens is 382 g/mol. The Morgan fingerprint density at radius 2 is 2.21 bits per heavy atom. The van der Waals surface area contributed by atoms with E-state index in [0.29, 0.717) is 24.9 Å². The third-order valence-electron chi connectivity index (χ3n) is 4.80. The zero-order valence-electron chi connectivity index (χ0n) is 15.0. The van der Waals surface area contributed by atoms with Crippen LogP contribution in [0, 0.1) is 0 Å². The monoisotopic (exact) mass is 401 g/mol. The summed E-state index contributed by atoms with van der Waals surface area (Å²) >= 11 is 1.56. The maximum atomic E-state index is 12.6. The van der Waals surface area contributed by atoms with Crippen LogP contribution in [0.4, 0.5) is 0 Å². The summed E-state index contributed by atoms with van der Waals surface area (Å²) in [4.78, 5) is 39.4. The van der Waals surface area contributed by atoms with Crippen LogP contribution in [0.2, 0.25) is 0 Å². The first-order valence-corrected chi connectivity index (χ1v) is 9.98. The Kier molecular flexibility index (Phi) is 5.20. The summed E-state index contributed by atoms with van der Waals surface area (Å²) in [5.74, 6) is 1.02. The molecule has 28 heavy (non-hydrogen) atoms. The normalized spacial score (nSPS) is 17.0. The molecule has 1 atom stereocenters. The Hall–Kier alpha value is -3.01. The molecule has 0 aromatic carbocycles. The van der Waals surface area contributed by atoms with E-state index in [-0.39, 0.29) is 24.8 Å². The zero-order chi connectivity index (χ0) is 19.5. The molecule has 3 aromatic rings. The summed E-state index contributed by atoms with van der Waals surface area (Å²) in [5, 5.41) is 12.2. The maximum absolute atomic E-state index is 12.6. The molecule has 1 aliphatic heterocycles. The number of likely N-dealkylation sites (tertiary alicyclic amines) is 1. The van der Waals surface area contributed by atoms with Gasteiger partial charge in [0, 0.05) is 49.3 Å². The average Bonchev–Trinajstić information content (AvgIpc) is 3.39. The number of hydrogen-bond acceptors (Lipinski definition) is 7. The molecule has 0 bridgehead atoms. The highest BCUT2D eigenvalue weighted by atomic mass is 32.1. The second kappa shape index (κ2) is 7.93. The molecule has 0 aliphatic carbocycles. The number of aromatic amines is 1. The first-order valence-electron chi connectivity index (χ1n) is 9.03. The molecule has 1 fully saturated rings. The topological polar surface area (TPSA) is 114 Å². The van der Waals surface area contributed by atoms with Gasteiger partial charge >= 0.3 is 5.69 Å². The average molecular weight is 401 g/mol. The van der Waals surface area contributed by atoms with Gasteiger partial charge in [-0.25, -0.2) is 4.79 Å². The van der Waals surface area contributed by atoms with Gasteiger partial charge in [0.15, 0.2) is 0 Å². The van der Waals surface area contributed by atoms with Gasteiger partial charge in [-0.05, 0) is 24.3 Å². The molecule has 10 heteroatoms. The summed E-state index contributed by atoms with van der Waals surface area (Å²) in [7, 11) is 0. The highest BCUT2D eigenvalue weighted by Crippen LogP contribution is 2.29. The van der Waals surface area contributed by atoms with Crippen molar-refractivity contribution >= 4 is 17.2 Å².